The van der Waals surface area contributed by atoms with E-state index >= 15 is 0 Å². The molecule has 0 spiro atoms. The van der Waals surface area contributed by atoms with Crippen molar-refractivity contribution in [1.29, 1.82) is 0 Å². The quantitative estimate of drug-likeness (QED) is 0.317. The summed E-state index contributed by atoms with van der Waals surface area (Å²) in [4.78, 5) is 32.3. The van der Waals surface area contributed by atoms with Crippen molar-refractivity contribution in [2.75, 3.05) is 13.2 Å². The average molecular weight is 231 g/mol. The maximum absolute atomic E-state index is 11.1. The smallest absolute Gasteiger partial charge is 0.364 e. The highest BCUT2D eigenvalue weighted by Crippen LogP contribution is 2.10. The minimum atomic E-state index is -1.07. The fraction of sp³-hybridized carbons (Fsp3) is 0.556. The van der Waals surface area contributed by atoms with E-state index in [9.17, 15) is 19.6 Å². The van der Waals surface area contributed by atoms with E-state index in [-0.39, 0.29) is 13.2 Å². The number of nitroso groups, excluding NO2 is 1. The van der Waals surface area contributed by atoms with Crippen LogP contribution in [0, 0.1) is 4.91 Å². The lowest BCUT2D eigenvalue weighted by molar-refractivity contribution is -0.142. The number of aliphatic hydroxyl groups is 1. The molecular formula is C9H13NO6. The number of hydrogen-bond donors (Lipinski definition) is 1. The summed E-state index contributed by atoms with van der Waals surface area (Å²) in [6.07, 6.45) is -0.590. The topological polar surface area (TPSA) is 102 Å². The first-order valence-corrected chi connectivity index (χ1v) is 4.64. The summed E-state index contributed by atoms with van der Waals surface area (Å²) >= 11 is 0. The van der Waals surface area contributed by atoms with Crippen LogP contribution < -0.4 is 0 Å². The number of esters is 2. The van der Waals surface area contributed by atoms with E-state index in [2.05, 4.69) is 14.7 Å². The fourth-order valence-corrected chi connectivity index (χ4v) is 0.840. The molecule has 0 aliphatic heterocycles. The van der Waals surface area contributed by atoms with Gasteiger partial charge in [0.15, 0.2) is 0 Å². The van der Waals surface area contributed by atoms with Crippen LogP contribution in [-0.4, -0.2) is 30.3 Å². The van der Waals surface area contributed by atoms with Crippen LogP contribution in [0.4, 0.5) is 0 Å². The maximum Gasteiger partial charge on any atom is 0.364 e. The summed E-state index contributed by atoms with van der Waals surface area (Å²) in [6.45, 7) is 3.28. The van der Waals surface area contributed by atoms with Crippen LogP contribution in [0.25, 0.3) is 0 Å². The summed E-state index contributed by atoms with van der Waals surface area (Å²) < 4.78 is 8.97. The van der Waals surface area contributed by atoms with Crippen molar-refractivity contribution in [2.45, 2.75) is 20.3 Å². The number of carbonyl (C=O) groups is 2. The zero-order valence-corrected chi connectivity index (χ0v) is 9.06. The summed E-state index contributed by atoms with van der Waals surface area (Å²) in [5.41, 5.74) is -0.810. The predicted octanol–water partition coefficient (Wildman–Crippen LogP) is 1.04. The number of hydrogen-bond acceptors (Lipinski definition) is 7. The van der Waals surface area contributed by atoms with Crippen molar-refractivity contribution in [1.82, 2.24) is 0 Å². The van der Waals surface area contributed by atoms with E-state index < -0.39 is 29.8 Å². The van der Waals surface area contributed by atoms with Crippen molar-refractivity contribution >= 4 is 11.9 Å². The molecule has 0 fully saturated rings. The first-order valence-electron chi connectivity index (χ1n) is 4.64. The highest BCUT2D eigenvalue weighted by atomic mass is 16.5. The van der Waals surface area contributed by atoms with Gasteiger partial charge in [0.05, 0.1) is 13.2 Å². The van der Waals surface area contributed by atoms with Crippen molar-refractivity contribution in [3.63, 3.8) is 0 Å². The Morgan fingerprint density at radius 3 is 2.19 bits per heavy atom. The van der Waals surface area contributed by atoms with Gasteiger partial charge in [0.1, 0.15) is 12.2 Å². The van der Waals surface area contributed by atoms with Crippen LogP contribution in [0.1, 0.15) is 20.3 Å². The van der Waals surface area contributed by atoms with E-state index in [1.807, 2.05) is 0 Å². The second kappa shape index (κ2) is 7.38. The normalized spacial score (nSPS) is 11.4. The molecule has 7 heteroatoms. The SMILES string of the molecule is CCOC(=O)CC(O)=C(N=O)C(=O)OCC. The molecule has 0 heterocycles. The van der Waals surface area contributed by atoms with Crippen molar-refractivity contribution in [3.05, 3.63) is 16.4 Å². The third kappa shape index (κ3) is 4.54. The highest BCUT2D eigenvalue weighted by molar-refractivity contribution is 5.89. The number of nitrogens with zero attached hydrogens (tertiary/aromatic N) is 1. The Bertz CT molecular complexity index is 309. The third-order valence-corrected chi connectivity index (χ3v) is 1.45. The van der Waals surface area contributed by atoms with Crippen LogP contribution in [0.15, 0.2) is 16.6 Å². The molecule has 1 N–H and O–H groups in total. The van der Waals surface area contributed by atoms with Crippen LogP contribution in [0.3, 0.4) is 0 Å². The molecular weight excluding hydrogens is 218 g/mol. The van der Waals surface area contributed by atoms with Gasteiger partial charge in [0, 0.05) is 0 Å². The molecule has 0 bridgehead atoms. The number of aliphatic hydroxyl groups excluding tert-OH is 1. The standard InChI is InChI=1S/C9H13NO6/c1-3-15-7(12)5-6(11)8(10-14)9(13)16-4-2/h11H,3-5H2,1-2H3. The van der Waals surface area contributed by atoms with Crippen molar-refractivity contribution < 1.29 is 24.2 Å². The predicted molar refractivity (Wildman–Crippen MR) is 53.3 cm³/mol. The van der Waals surface area contributed by atoms with Gasteiger partial charge < -0.3 is 14.6 Å². The largest absolute Gasteiger partial charge is 0.509 e. The monoisotopic (exact) mass is 231 g/mol. The first-order chi connectivity index (χ1) is 7.56. The molecule has 0 amide bonds. The van der Waals surface area contributed by atoms with Gasteiger partial charge in [-0.15, -0.1) is 4.91 Å². The Kier molecular flexibility index (Phi) is 6.50. The lowest BCUT2D eigenvalue weighted by atomic mass is 10.3. The van der Waals surface area contributed by atoms with Crippen LogP contribution in [0.5, 0.6) is 0 Å². The molecule has 7 nitrogen and oxygen atoms in total. The van der Waals surface area contributed by atoms with E-state index in [0.29, 0.717) is 0 Å². The van der Waals surface area contributed by atoms with Gasteiger partial charge in [-0.05, 0) is 19.0 Å². The Morgan fingerprint density at radius 1 is 1.19 bits per heavy atom. The summed E-state index contributed by atoms with van der Waals surface area (Å²) in [7, 11) is 0. The second-order valence-corrected chi connectivity index (χ2v) is 2.59. The van der Waals surface area contributed by atoms with E-state index in [4.69, 9.17) is 0 Å². The summed E-state index contributed by atoms with van der Waals surface area (Å²) in [6, 6.07) is 0. The van der Waals surface area contributed by atoms with Crippen LogP contribution in [0.2, 0.25) is 0 Å². The summed E-state index contributed by atoms with van der Waals surface area (Å²) in [5, 5.41) is 11.6. The molecule has 90 valence electrons. The number of ether oxygens (including phenoxy) is 2. The molecule has 0 aromatic heterocycles. The molecule has 0 rings (SSSR count). The van der Waals surface area contributed by atoms with Gasteiger partial charge in [-0.1, -0.05) is 0 Å². The molecule has 0 radical (unpaired) electrons. The van der Waals surface area contributed by atoms with Gasteiger partial charge in [-0.25, -0.2) is 4.79 Å². The van der Waals surface area contributed by atoms with E-state index in [1.54, 1.807) is 6.92 Å². The second-order valence-electron chi connectivity index (χ2n) is 2.59. The minimum absolute atomic E-state index is 0.0323. The minimum Gasteiger partial charge on any atom is -0.509 e. The van der Waals surface area contributed by atoms with Gasteiger partial charge >= 0.3 is 11.9 Å². The molecule has 0 saturated carbocycles. The molecule has 0 unspecified atom stereocenters. The lowest BCUT2D eigenvalue weighted by Gasteiger charge is -2.03. The maximum atomic E-state index is 11.1. The van der Waals surface area contributed by atoms with E-state index in [1.165, 1.54) is 6.92 Å². The van der Waals surface area contributed by atoms with Gasteiger partial charge in [0.25, 0.3) is 0 Å². The molecule has 0 saturated heterocycles. The molecule has 16 heavy (non-hydrogen) atoms. The first kappa shape index (κ1) is 14.1. The van der Waals surface area contributed by atoms with Crippen molar-refractivity contribution in [2.24, 2.45) is 5.18 Å². The van der Waals surface area contributed by atoms with E-state index in [0.717, 1.165) is 0 Å². The highest BCUT2D eigenvalue weighted by Gasteiger charge is 2.20. The van der Waals surface area contributed by atoms with Gasteiger partial charge in [-0.3, -0.25) is 4.79 Å². The molecule has 0 aromatic rings. The Morgan fingerprint density at radius 2 is 1.75 bits per heavy atom. The molecule has 0 aliphatic carbocycles. The summed E-state index contributed by atoms with van der Waals surface area (Å²) in [5.74, 6) is -2.59. The zero-order valence-electron chi connectivity index (χ0n) is 9.06. The Balaban J connectivity index is 4.67. The van der Waals surface area contributed by atoms with Crippen LogP contribution in [-0.2, 0) is 19.1 Å². The number of rotatable bonds is 6. The third-order valence-electron chi connectivity index (χ3n) is 1.45. The van der Waals surface area contributed by atoms with Crippen molar-refractivity contribution in [3.8, 4) is 0 Å². The van der Waals surface area contributed by atoms with Gasteiger partial charge in [0.2, 0.25) is 5.70 Å². The lowest BCUT2D eigenvalue weighted by Crippen LogP contribution is -2.12. The molecule has 0 atom stereocenters. The zero-order chi connectivity index (χ0) is 12.6. The van der Waals surface area contributed by atoms with Gasteiger partial charge in [-0.2, -0.15) is 0 Å². The molecule has 0 aliphatic rings. The van der Waals surface area contributed by atoms with Crippen LogP contribution >= 0.6 is 0 Å². The average Bonchev–Trinajstić information content (AvgIpc) is 2.19. The Hall–Kier alpha value is -1.92. The fourth-order valence-electron chi connectivity index (χ4n) is 0.840. The molecule has 0 aromatic carbocycles. The Labute approximate surface area is 92.0 Å². The number of carbonyl (C=O) groups excluding carboxylic acids is 2.